The van der Waals surface area contributed by atoms with E-state index in [1.54, 1.807) is 4.90 Å². The fraction of sp³-hybridized carbons (Fsp3) is 0.941. The number of carbonyl (C=O) groups excluding carboxylic acids is 1. The van der Waals surface area contributed by atoms with Gasteiger partial charge < -0.3 is 10.6 Å². The van der Waals surface area contributed by atoms with E-state index in [-0.39, 0.29) is 30.8 Å². The van der Waals surface area contributed by atoms with Crippen molar-refractivity contribution in [3.63, 3.8) is 0 Å². The predicted molar refractivity (Wildman–Crippen MR) is 103 cm³/mol. The number of nitrogens with one attached hydrogen (secondary N) is 1. The number of carbonyl (C=O) groups is 1. The van der Waals surface area contributed by atoms with Crippen molar-refractivity contribution in [1.82, 2.24) is 9.62 Å². The molecule has 2 aliphatic rings. The minimum Gasteiger partial charge on any atom is -0.341 e. The lowest BCUT2D eigenvalue weighted by molar-refractivity contribution is -0.136. The summed E-state index contributed by atoms with van der Waals surface area (Å²) in [5.41, 5.74) is 5.26. The Hall–Kier alpha value is -0.370. The van der Waals surface area contributed by atoms with Gasteiger partial charge in [-0.1, -0.05) is 26.7 Å². The molecule has 1 unspecified atom stereocenters. The fourth-order valence-electron chi connectivity index (χ4n) is 3.93. The normalized spacial score (nSPS) is 22.7. The average Bonchev–Trinajstić information content (AvgIpc) is 3.14. The molecule has 1 saturated heterocycles. The monoisotopic (exact) mass is 395 g/mol. The van der Waals surface area contributed by atoms with E-state index in [0.29, 0.717) is 32.4 Å². The Kier molecular flexibility index (Phi) is 8.64. The van der Waals surface area contributed by atoms with Gasteiger partial charge in [-0.3, -0.25) is 4.79 Å². The number of nitrogens with zero attached hydrogens (tertiary/aromatic N) is 1. The summed E-state index contributed by atoms with van der Waals surface area (Å²) in [6, 6.07) is 0. The molecule has 0 spiro atoms. The second-order valence-electron chi connectivity index (χ2n) is 7.37. The van der Waals surface area contributed by atoms with Crippen molar-refractivity contribution in [3.05, 3.63) is 0 Å². The third kappa shape index (κ3) is 5.31. The Bertz CT molecular complexity index is 523. The van der Waals surface area contributed by atoms with Crippen LogP contribution in [0.2, 0.25) is 0 Å². The molecule has 0 bridgehead atoms. The van der Waals surface area contributed by atoms with E-state index in [0.717, 1.165) is 32.1 Å². The number of nitrogens with two attached hydrogens (primary N) is 1. The summed E-state index contributed by atoms with van der Waals surface area (Å²) < 4.78 is 28.6. The van der Waals surface area contributed by atoms with E-state index in [1.165, 1.54) is 0 Å². The SMILES string of the molecule is CCC(CC)(CN)NS(=O)(=O)C1CCCN(C(=O)C2CCCC2)C1.Cl. The smallest absolute Gasteiger partial charge is 0.225 e. The van der Waals surface area contributed by atoms with Gasteiger partial charge in [0.1, 0.15) is 0 Å². The lowest BCUT2D eigenvalue weighted by Gasteiger charge is -2.37. The summed E-state index contributed by atoms with van der Waals surface area (Å²) in [6.07, 6.45) is 6.81. The average molecular weight is 396 g/mol. The van der Waals surface area contributed by atoms with Crippen LogP contribution in [0.3, 0.4) is 0 Å². The number of hydrogen-bond donors (Lipinski definition) is 2. The molecule has 0 aromatic rings. The lowest BCUT2D eigenvalue weighted by Crippen LogP contribution is -2.57. The van der Waals surface area contributed by atoms with Crippen LogP contribution >= 0.6 is 12.4 Å². The zero-order valence-electron chi connectivity index (χ0n) is 15.5. The Morgan fingerprint density at radius 3 is 2.28 bits per heavy atom. The van der Waals surface area contributed by atoms with Gasteiger partial charge in [-0.05, 0) is 38.5 Å². The molecule has 0 radical (unpaired) electrons. The number of sulfonamides is 1. The summed E-state index contributed by atoms with van der Waals surface area (Å²) in [4.78, 5) is 14.4. The minimum absolute atomic E-state index is 0. The van der Waals surface area contributed by atoms with Crippen LogP contribution in [0, 0.1) is 5.92 Å². The summed E-state index contributed by atoms with van der Waals surface area (Å²) in [7, 11) is -3.49. The number of amides is 1. The van der Waals surface area contributed by atoms with Crippen molar-refractivity contribution >= 4 is 28.3 Å². The standard InChI is InChI=1S/C17H33N3O3S.ClH/c1-3-17(4-2,13-18)19-24(22,23)15-10-7-11-20(12-15)16(21)14-8-5-6-9-14;/h14-15,19H,3-13,18H2,1-2H3;1H. The zero-order valence-corrected chi connectivity index (χ0v) is 17.1. The molecule has 148 valence electrons. The van der Waals surface area contributed by atoms with E-state index in [1.807, 2.05) is 13.8 Å². The van der Waals surface area contributed by atoms with Crippen molar-refractivity contribution in [3.8, 4) is 0 Å². The second kappa shape index (κ2) is 9.53. The Morgan fingerprint density at radius 2 is 1.76 bits per heavy atom. The number of likely N-dealkylation sites (tertiary alicyclic amines) is 1. The molecule has 3 N–H and O–H groups in total. The van der Waals surface area contributed by atoms with Crippen LogP contribution in [-0.4, -0.2) is 49.6 Å². The van der Waals surface area contributed by atoms with E-state index < -0.39 is 20.8 Å². The van der Waals surface area contributed by atoms with Gasteiger partial charge in [0.15, 0.2) is 0 Å². The van der Waals surface area contributed by atoms with E-state index in [4.69, 9.17) is 5.73 Å². The third-order valence-electron chi connectivity index (χ3n) is 5.94. The van der Waals surface area contributed by atoms with Crippen molar-refractivity contribution < 1.29 is 13.2 Å². The molecule has 6 nitrogen and oxygen atoms in total. The number of halogens is 1. The van der Waals surface area contributed by atoms with Crippen LogP contribution in [0.1, 0.15) is 65.2 Å². The van der Waals surface area contributed by atoms with E-state index in [2.05, 4.69) is 4.72 Å². The van der Waals surface area contributed by atoms with Gasteiger partial charge in [-0.2, -0.15) is 0 Å². The maximum absolute atomic E-state index is 12.9. The summed E-state index contributed by atoms with van der Waals surface area (Å²) >= 11 is 0. The summed E-state index contributed by atoms with van der Waals surface area (Å²) in [6.45, 7) is 5.20. The van der Waals surface area contributed by atoms with Crippen molar-refractivity contribution in [2.75, 3.05) is 19.6 Å². The molecule has 0 aromatic carbocycles. The zero-order chi connectivity index (χ0) is 17.8. The molecule has 8 heteroatoms. The molecule has 1 saturated carbocycles. The molecule has 25 heavy (non-hydrogen) atoms. The highest BCUT2D eigenvalue weighted by Gasteiger charge is 2.39. The molecule has 1 heterocycles. The van der Waals surface area contributed by atoms with Gasteiger partial charge in [0, 0.05) is 31.1 Å². The highest BCUT2D eigenvalue weighted by Crippen LogP contribution is 2.29. The molecule has 2 rings (SSSR count). The van der Waals surface area contributed by atoms with Crippen LogP contribution in [-0.2, 0) is 14.8 Å². The molecule has 1 aliphatic heterocycles. The van der Waals surface area contributed by atoms with Crippen LogP contribution in [0.15, 0.2) is 0 Å². The van der Waals surface area contributed by atoms with Crippen LogP contribution in [0.25, 0.3) is 0 Å². The maximum Gasteiger partial charge on any atom is 0.225 e. The van der Waals surface area contributed by atoms with Gasteiger partial charge in [0.05, 0.1) is 5.25 Å². The summed E-state index contributed by atoms with van der Waals surface area (Å²) in [5, 5.41) is -0.527. The highest BCUT2D eigenvalue weighted by molar-refractivity contribution is 7.90. The van der Waals surface area contributed by atoms with Gasteiger partial charge >= 0.3 is 0 Å². The van der Waals surface area contributed by atoms with Crippen molar-refractivity contribution in [2.45, 2.75) is 76.0 Å². The van der Waals surface area contributed by atoms with Crippen LogP contribution in [0.5, 0.6) is 0 Å². The highest BCUT2D eigenvalue weighted by atomic mass is 35.5. The molecular weight excluding hydrogens is 362 g/mol. The molecule has 1 amide bonds. The number of piperidine rings is 1. The quantitative estimate of drug-likeness (QED) is 0.689. The topological polar surface area (TPSA) is 92.5 Å². The first-order valence-corrected chi connectivity index (χ1v) is 10.9. The van der Waals surface area contributed by atoms with Crippen molar-refractivity contribution in [1.29, 1.82) is 0 Å². The lowest BCUT2D eigenvalue weighted by atomic mass is 9.95. The first kappa shape index (κ1) is 22.7. The van der Waals surface area contributed by atoms with Gasteiger partial charge in [-0.15, -0.1) is 12.4 Å². The number of hydrogen-bond acceptors (Lipinski definition) is 4. The molecular formula is C17H34ClN3O3S. The minimum atomic E-state index is -3.49. The second-order valence-corrected chi connectivity index (χ2v) is 9.33. The fourth-order valence-corrected chi connectivity index (χ4v) is 5.93. The Morgan fingerprint density at radius 1 is 1.16 bits per heavy atom. The predicted octanol–water partition coefficient (Wildman–Crippen LogP) is 2.03. The van der Waals surface area contributed by atoms with Gasteiger partial charge in [0.25, 0.3) is 0 Å². The third-order valence-corrected chi connectivity index (χ3v) is 7.92. The van der Waals surface area contributed by atoms with Gasteiger partial charge in [0.2, 0.25) is 15.9 Å². The molecule has 0 aromatic heterocycles. The van der Waals surface area contributed by atoms with E-state index >= 15 is 0 Å². The Labute approximate surface area is 158 Å². The van der Waals surface area contributed by atoms with E-state index in [9.17, 15) is 13.2 Å². The summed E-state index contributed by atoms with van der Waals surface area (Å²) in [5.74, 6) is 0.261. The van der Waals surface area contributed by atoms with Crippen LogP contribution < -0.4 is 10.5 Å². The molecule has 2 fully saturated rings. The number of rotatable bonds is 7. The van der Waals surface area contributed by atoms with Crippen molar-refractivity contribution in [2.24, 2.45) is 11.7 Å². The largest absolute Gasteiger partial charge is 0.341 e. The first-order valence-electron chi connectivity index (χ1n) is 9.39. The van der Waals surface area contributed by atoms with Gasteiger partial charge in [-0.25, -0.2) is 13.1 Å². The maximum atomic E-state index is 12.9. The molecule has 1 atom stereocenters. The van der Waals surface area contributed by atoms with Crippen LogP contribution in [0.4, 0.5) is 0 Å². The molecule has 1 aliphatic carbocycles. The first-order chi connectivity index (χ1) is 11.4. The Balaban J connectivity index is 0.00000312.